The van der Waals surface area contributed by atoms with E-state index in [1.807, 2.05) is 48.5 Å². The van der Waals surface area contributed by atoms with Crippen molar-refractivity contribution in [1.82, 2.24) is 5.43 Å². The van der Waals surface area contributed by atoms with Crippen LogP contribution >= 0.6 is 0 Å². The van der Waals surface area contributed by atoms with Crippen molar-refractivity contribution in [3.63, 3.8) is 0 Å². The molecule has 0 spiro atoms. The van der Waals surface area contributed by atoms with Gasteiger partial charge in [0.2, 0.25) is 0 Å². The highest BCUT2D eigenvalue weighted by Crippen LogP contribution is 2.25. The molecule has 3 aromatic carbocycles. The normalized spacial score (nSPS) is 10.8. The van der Waals surface area contributed by atoms with Gasteiger partial charge in [0.25, 0.3) is 5.91 Å². The van der Waals surface area contributed by atoms with Crippen LogP contribution in [0, 0.1) is 0 Å². The van der Waals surface area contributed by atoms with Gasteiger partial charge in [-0.05, 0) is 29.0 Å². The lowest BCUT2D eigenvalue weighted by atomic mass is 10.0. The fourth-order valence-electron chi connectivity index (χ4n) is 2.29. The minimum atomic E-state index is -0.380. The van der Waals surface area contributed by atoms with Crippen LogP contribution in [0.2, 0.25) is 0 Å². The molecule has 120 valence electrons. The van der Waals surface area contributed by atoms with Crippen LogP contribution in [0.5, 0.6) is 11.5 Å². The molecule has 0 aliphatic carbocycles. The fourth-order valence-corrected chi connectivity index (χ4v) is 2.29. The quantitative estimate of drug-likeness (QED) is 0.560. The summed E-state index contributed by atoms with van der Waals surface area (Å²) in [5.74, 6) is 0.338. The molecule has 5 heteroatoms. The third kappa shape index (κ3) is 3.70. The summed E-state index contributed by atoms with van der Waals surface area (Å²) >= 11 is 0. The Labute approximate surface area is 139 Å². The highest BCUT2D eigenvalue weighted by atomic mass is 16.5. The molecule has 0 radical (unpaired) electrons. The van der Waals surface area contributed by atoms with Crippen molar-refractivity contribution in [2.45, 2.75) is 0 Å². The number of rotatable bonds is 5. The van der Waals surface area contributed by atoms with Gasteiger partial charge in [-0.15, -0.1) is 0 Å². The number of carbonyl (C=O) groups excluding carboxylic acids is 1. The van der Waals surface area contributed by atoms with Gasteiger partial charge >= 0.3 is 0 Å². The van der Waals surface area contributed by atoms with Crippen molar-refractivity contribution >= 4 is 22.9 Å². The van der Waals surface area contributed by atoms with Crippen LogP contribution in [-0.2, 0) is 4.79 Å². The average molecular weight is 320 g/mol. The van der Waals surface area contributed by atoms with Gasteiger partial charge in [-0.1, -0.05) is 48.5 Å². The van der Waals surface area contributed by atoms with Crippen molar-refractivity contribution in [2.75, 3.05) is 6.61 Å². The number of amides is 1. The molecule has 0 saturated heterocycles. The number of hydrazone groups is 1. The molecule has 0 aromatic heterocycles. The number of carbonyl (C=O) groups is 1. The van der Waals surface area contributed by atoms with E-state index in [0.717, 1.165) is 10.8 Å². The Balaban J connectivity index is 1.64. The van der Waals surface area contributed by atoms with Gasteiger partial charge in [-0.3, -0.25) is 4.79 Å². The van der Waals surface area contributed by atoms with Crippen molar-refractivity contribution < 1.29 is 14.6 Å². The van der Waals surface area contributed by atoms with Gasteiger partial charge in [0.05, 0.1) is 6.21 Å². The number of phenols is 1. The SMILES string of the molecule is O=C(COc1ccccc1)NN=Cc1c(O)ccc2ccccc12. The summed E-state index contributed by atoms with van der Waals surface area (Å²) in [5, 5.41) is 15.7. The molecular weight excluding hydrogens is 304 g/mol. The second-order valence-electron chi connectivity index (χ2n) is 5.11. The summed E-state index contributed by atoms with van der Waals surface area (Å²) in [6, 6.07) is 20.1. The second kappa shape index (κ2) is 7.28. The largest absolute Gasteiger partial charge is 0.507 e. The van der Waals surface area contributed by atoms with Crippen LogP contribution < -0.4 is 10.2 Å². The molecule has 0 aliphatic heterocycles. The van der Waals surface area contributed by atoms with E-state index in [1.165, 1.54) is 6.21 Å². The van der Waals surface area contributed by atoms with Crippen LogP contribution in [0.1, 0.15) is 5.56 Å². The summed E-state index contributed by atoms with van der Waals surface area (Å²) in [6.45, 7) is -0.136. The van der Waals surface area contributed by atoms with E-state index in [0.29, 0.717) is 11.3 Å². The number of nitrogens with zero attached hydrogens (tertiary/aromatic N) is 1. The van der Waals surface area contributed by atoms with Gasteiger partial charge in [0, 0.05) is 5.56 Å². The summed E-state index contributed by atoms with van der Waals surface area (Å²) in [7, 11) is 0. The minimum absolute atomic E-state index is 0.104. The Kier molecular flexibility index (Phi) is 4.72. The number of nitrogens with one attached hydrogen (secondary N) is 1. The molecule has 0 fully saturated rings. The number of aromatic hydroxyl groups is 1. The topological polar surface area (TPSA) is 70.9 Å². The second-order valence-corrected chi connectivity index (χ2v) is 5.11. The molecule has 3 rings (SSSR count). The maximum atomic E-state index is 11.7. The maximum Gasteiger partial charge on any atom is 0.277 e. The number of fused-ring (bicyclic) bond motifs is 1. The average Bonchev–Trinajstić information content (AvgIpc) is 2.63. The first-order chi connectivity index (χ1) is 11.7. The van der Waals surface area contributed by atoms with Crippen molar-refractivity contribution in [2.24, 2.45) is 5.10 Å². The van der Waals surface area contributed by atoms with E-state index in [-0.39, 0.29) is 18.3 Å². The molecular formula is C19H16N2O3. The first-order valence-corrected chi connectivity index (χ1v) is 7.44. The van der Waals surface area contributed by atoms with E-state index in [1.54, 1.807) is 18.2 Å². The molecule has 0 saturated carbocycles. The van der Waals surface area contributed by atoms with Crippen LogP contribution in [0.4, 0.5) is 0 Å². The van der Waals surface area contributed by atoms with Crippen LogP contribution in [0.25, 0.3) is 10.8 Å². The number of benzene rings is 3. The van der Waals surface area contributed by atoms with E-state index in [9.17, 15) is 9.90 Å². The van der Waals surface area contributed by atoms with E-state index in [4.69, 9.17) is 4.74 Å². The van der Waals surface area contributed by atoms with Gasteiger partial charge in [-0.25, -0.2) is 5.43 Å². The number of para-hydroxylation sites is 1. The molecule has 24 heavy (non-hydrogen) atoms. The lowest BCUT2D eigenvalue weighted by molar-refractivity contribution is -0.123. The highest BCUT2D eigenvalue weighted by molar-refractivity contribution is 6.02. The Bertz CT molecular complexity index is 876. The molecule has 0 bridgehead atoms. The maximum absolute atomic E-state index is 11.7. The van der Waals surface area contributed by atoms with Gasteiger partial charge in [0.1, 0.15) is 11.5 Å². The van der Waals surface area contributed by atoms with Crippen LogP contribution in [0.3, 0.4) is 0 Å². The van der Waals surface area contributed by atoms with Crippen molar-refractivity contribution in [3.8, 4) is 11.5 Å². The Hall–Kier alpha value is -3.34. The van der Waals surface area contributed by atoms with E-state index in [2.05, 4.69) is 10.5 Å². The summed E-state index contributed by atoms with van der Waals surface area (Å²) in [5.41, 5.74) is 2.94. The third-order valence-electron chi connectivity index (χ3n) is 3.44. The lowest BCUT2D eigenvalue weighted by Gasteiger charge is -2.06. The molecule has 0 aliphatic rings. The Morgan fingerprint density at radius 2 is 1.79 bits per heavy atom. The van der Waals surface area contributed by atoms with Crippen LogP contribution in [-0.4, -0.2) is 23.8 Å². The fraction of sp³-hybridized carbons (Fsp3) is 0.0526. The zero-order valence-electron chi connectivity index (χ0n) is 12.8. The van der Waals surface area contributed by atoms with E-state index >= 15 is 0 Å². The Morgan fingerprint density at radius 3 is 2.62 bits per heavy atom. The molecule has 0 unspecified atom stereocenters. The predicted octanol–water partition coefficient (Wildman–Crippen LogP) is 3.07. The zero-order valence-corrected chi connectivity index (χ0v) is 12.8. The van der Waals surface area contributed by atoms with Crippen molar-refractivity contribution in [3.05, 3.63) is 72.3 Å². The summed E-state index contributed by atoms with van der Waals surface area (Å²) in [6.07, 6.45) is 1.43. The lowest BCUT2D eigenvalue weighted by Crippen LogP contribution is -2.24. The highest BCUT2D eigenvalue weighted by Gasteiger charge is 2.05. The van der Waals surface area contributed by atoms with Crippen molar-refractivity contribution in [1.29, 1.82) is 0 Å². The van der Waals surface area contributed by atoms with Crippen LogP contribution in [0.15, 0.2) is 71.8 Å². The minimum Gasteiger partial charge on any atom is -0.507 e. The molecule has 1 amide bonds. The molecule has 0 atom stereocenters. The number of ether oxygens (including phenoxy) is 1. The smallest absolute Gasteiger partial charge is 0.277 e. The third-order valence-corrected chi connectivity index (χ3v) is 3.44. The standard InChI is InChI=1S/C19H16N2O3/c22-18-11-10-14-6-4-5-9-16(14)17(18)12-20-21-19(23)13-24-15-7-2-1-3-8-15/h1-12,22H,13H2,(H,21,23). The van der Waals surface area contributed by atoms with Gasteiger partial charge < -0.3 is 9.84 Å². The predicted molar refractivity (Wildman–Crippen MR) is 93.3 cm³/mol. The molecule has 2 N–H and O–H groups in total. The number of hydrogen-bond acceptors (Lipinski definition) is 4. The summed E-state index contributed by atoms with van der Waals surface area (Å²) in [4.78, 5) is 11.7. The molecule has 5 nitrogen and oxygen atoms in total. The van der Waals surface area contributed by atoms with E-state index < -0.39 is 0 Å². The zero-order chi connectivity index (χ0) is 16.8. The first kappa shape index (κ1) is 15.6. The first-order valence-electron chi connectivity index (χ1n) is 7.44. The number of phenolic OH excluding ortho intramolecular Hbond substituents is 1. The van der Waals surface area contributed by atoms with Gasteiger partial charge in [0.15, 0.2) is 6.61 Å². The number of hydrogen-bond donors (Lipinski definition) is 2. The van der Waals surface area contributed by atoms with Gasteiger partial charge in [-0.2, -0.15) is 5.10 Å². The molecule has 3 aromatic rings. The molecule has 0 heterocycles. The summed E-state index contributed by atoms with van der Waals surface area (Å²) < 4.78 is 5.33. The monoisotopic (exact) mass is 320 g/mol. The Morgan fingerprint density at radius 1 is 1.04 bits per heavy atom.